The molecule has 94 valence electrons. The number of hydrogen-bond acceptors (Lipinski definition) is 3. The number of fused-ring (bicyclic) bond motifs is 1. The lowest BCUT2D eigenvalue weighted by Gasteiger charge is -2.23. The van der Waals surface area contributed by atoms with Gasteiger partial charge in [0, 0.05) is 19.3 Å². The molecule has 0 bridgehead atoms. The van der Waals surface area contributed by atoms with E-state index in [1.807, 2.05) is 31.2 Å². The van der Waals surface area contributed by atoms with Crippen molar-refractivity contribution in [2.24, 2.45) is 5.73 Å². The molecular formula is C13H18ClNO2. The molecule has 1 aromatic carbocycles. The molecule has 2 N–H and O–H groups in total. The minimum absolute atomic E-state index is 0. The van der Waals surface area contributed by atoms with E-state index in [9.17, 15) is 4.79 Å². The number of hydrogen-bond donors (Lipinski definition) is 1. The molecule has 0 amide bonds. The van der Waals surface area contributed by atoms with Crippen LogP contribution in [0.3, 0.4) is 0 Å². The third kappa shape index (κ3) is 3.20. The predicted molar refractivity (Wildman–Crippen MR) is 69.0 cm³/mol. The molecule has 1 aliphatic carbocycles. The number of ether oxygens (including phenoxy) is 1. The zero-order valence-electron chi connectivity index (χ0n) is 9.94. The fraction of sp³-hybridized carbons (Fsp3) is 0.462. The SMILES string of the molecule is CCCC(=O)OC1(N)Cc2ccccc2C1.Cl. The van der Waals surface area contributed by atoms with Gasteiger partial charge in [-0.1, -0.05) is 31.2 Å². The Morgan fingerprint density at radius 3 is 2.35 bits per heavy atom. The van der Waals surface area contributed by atoms with Crippen molar-refractivity contribution in [3.63, 3.8) is 0 Å². The quantitative estimate of drug-likeness (QED) is 0.666. The summed E-state index contributed by atoms with van der Waals surface area (Å²) in [5.41, 5.74) is 7.65. The highest BCUT2D eigenvalue weighted by Crippen LogP contribution is 2.29. The van der Waals surface area contributed by atoms with E-state index in [0.29, 0.717) is 19.3 Å². The fourth-order valence-electron chi connectivity index (χ4n) is 2.16. The average Bonchev–Trinajstić information content (AvgIpc) is 2.53. The third-order valence-electron chi connectivity index (χ3n) is 2.87. The molecule has 0 saturated carbocycles. The molecule has 0 fully saturated rings. The summed E-state index contributed by atoms with van der Waals surface area (Å²) in [5.74, 6) is -0.196. The molecule has 3 nitrogen and oxygen atoms in total. The van der Waals surface area contributed by atoms with Crippen molar-refractivity contribution in [2.45, 2.75) is 38.3 Å². The van der Waals surface area contributed by atoms with Crippen molar-refractivity contribution in [1.29, 1.82) is 0 Å². The van der Waals surface area contributed by atoms with Gasteiger partial charge in [0.1, 0.15) is 0 Å². The van der Waals surface area contributed by atoms with E-state index in [4.69, 9.17) is 10.5 Å². The van der Waals surface area contributed by atoms with Crippen LogP contribution in [0.4, 0.5) is 0 Å². The number of rotatable bonds is 3. The van der Waals surface area contributed by atoms with Crippen LogP contribution in [0.1, 0.15) is 30.9 Å². The summed E-state index contributed by atoms with van der Waals surface area (Å²) in [6.45, 7) is 1.95. The van der Waals surface area contributed by atoms with E-state index in [-0.39, 0.29) is 18.4 Å². The van der Waals surface area contributed by atoms with Crippen LogP contribution in [0.5, 0.6) is 0 Å². The summed E-state index contributed by atoms with van der Waals surface area (Å²) in [6, 6.07) is 8.05. The molecule has 2 rings (SSSR count). The monoisotopic (exact) mass is 255 g/mol. The summed E-state index contributed by atoms with van der Waals surface area (Å²) in [6.07, 6.45) is 2.48. The van der Waals surface area contributed by atoms with E-state index >= 15 is 0 Å². The molecular weight excluding hydrogens is 238 g/mol. The van der Waals surface area contributed by atoms with Crippen LogP contribution in [-0.2, 0) is 22.4 Å². The van der Waals surface area contributed by atoms with Crippen LogP contribution in [0.2, 0.25) is 0 Å². The zero-order chi connectivity index (χ0) is 11.6. The van der Waals surface area contributed by atoms with Crippen LogP contribution < -0.4 is 5.73 Å². The van der Waals surface area contributed by atoms with E-state index < -0.39 is 5.72 Å². The molecule has 4 heteroatoms. The number of halogens is 1. The van der Waals surface area contributed by atoms with Gasteiger partial charge in [-0.3, -0.25) is 10.5 Å². The zero-order valence-corrected chi connectivity index (χ0v) is 10.8. The number of nitrogens with two attached hydrogens (primary N) is 1. The Hall–Kier alpha value is -1.06. The second kappa shape index (κ2) is 5.52. The van der Waals surface area contributed by atoms with Crippen molar-refractivity contribution in [1.82, 2.24) is 0 Å². The minimum Gasteiger partial charge on any atom is -0.443 e. The minimum atomic E-state index is -0.823. The summed E-state index contributed by atoms with van der Waals surface area (Å²) < 4.78 is 5.36. The predicted octanol–water partition coefficient (Wildman–Crippen LogP) is 2.21. The Morgan fingerprint density at radius 1 is 1.35 bits per heavy atom. The Bertz CT molecular complexity index is 381. The Morgan fingerprint density at radius 2 is 1.88 bits per heavy atom. The van der Waals surface area contributed by atoms with E-state index in [0.717, 1.165) is 6.42 Å². The standard InChI is InChI=1S/C13H17NO2.ClH/c1-2-5-12(15)16-13(14)8-10-6-3-4-7-11(10)9-13;/h3-4,6-7H,2,5,8-9,14H2,1H3;1H. The van der Waals surface area contributed by atoms with Gasteiger partial charge < -0.3 is 4.74 Å². The summed E-state index contributed by atoms with van der Waals surface area (Å²) in [7, 11) is 0. The molecule has 0 heterocycles. The maximum Gasteiger partial charge on any atom is 0.307 e. The van der Waals surface area contributed by atoms with Gasteiger partial charge in [0.05, 0.1) is 0 Å². The molecule has 0 aliphatic heterocycles. The molecule has 17 heavy (non-hydrogen) atoms. The maximum atomic E-state index is 11.5. The van der Waals surface area contributed by atoms with Gasteiger partial charge in [-0.2, -0.15) is 0 Å². The van der Waals surface area contributed by atoms with Gasteiger partial charge in [-0.25, -0.2) is 0 Å². The van der Waals surface area contributed by atoms with Crippen molar-refractivity contribution in [2.75, 3.05) is 0 Å². The Kier molecular flexibility index (Phi) is 4.54. The molecule has 1 aromatic rings. The summed E-state index contributed by atoms with van der Waals surface area (Å²) in [4.78, 5) is 11.5. The highest BCUT2D eigenvalue weighted by molar-refractivity contribution is 5.85. The lowest BCUT2D eigenvalue weighted by Crippen LogP contribution is -2.45. The lowest BCUT2D eigenvalue weighted by atomic mass is 10.1. The topological polar surface area (TPSA) is 52.3 Å². The van der Waals surface area contributed by atoms with Gasteiger partial charge >= 0.3 is 5.97 Å². The second-order valence-corrected chi connectivity index (χ2v) is 4.41. The lowest BCUT2D eigenvalue weighted by molar-refractivity contribution is -0.158. The number of benzene rings is 1. The Labute approximate surface area is 108 Å². The molecule has 0 aromatic heterocycles. The number of carbonyl (C=O) groups is 1. The molecule has 0 radical (unpaired) electrons. The van der Waals surface area contributed by atoms with Crippen molar-refractivity contribution in [3.05, 3.63) is 35.4 Å². The first-order valence-corrected chi connectivity index (χ1v) is 5.70. The first-order valence-electron chi connectivity index (χ1n) is 5.70. The molecule has 0 atom stereocenters. The van der Waals surface area contributed by atoms with Gasteiger partial charge in [-0.15, -0.1) is 12.4 Å². The smallest absolute Gasteiger partial charge is 0.307 e. The van der Waals surface area contributed by atoms with Gasteiger partial charge in [-0.05, 0) is 17.5 Å². The van der Waals surface area contributed by atoms with Gasteiger partial charge in [0.25, 0.3) is 0 Å². The van der Waals surface area contributed by atoms with Crippen molar-refractivity contribution < 1.29 is 9.53 Å². The average molecular weight is 256 g/mol. The van der Waals surface area contributed by atoms with Crippen LogP contribution in [0, 0.1) is 0 Å². The van der Waals surface area contributed by atoms with Gasteiger partial charge in [0.2, 0.25) is 0 Å². The van der Waals surface area contributed by atoms with E-state index in [2.05, 4.69) is 0 Å². The fourth-order valence-corrected chi connectivity index (χ4v) is 2.16. The highest BCUT2D eigenvalue weighted by atomic mass is 35.5. The van der Waals surface area contributed by atoms with Crippen LogP contribution in [0.25, 0.3) is 0 Å². The van der Waals surface area contributed by atoms with Crippen LogP contribution in [-0.4, -0.2) is 11.7 Å². The second-order valence-electron chi connectivity index (χ2n) is 4.41. The molecule has 0 unspecified atom stereocenters. The molecule has 0 spiro atoms. The summed E-state index contributed by atoms with van der Waals surface area (Å²) >= 11 is 0. The van der Waals surface area contributed by atoms with E-state index in [1.54, 1.807) is 0 Å². The maximum absolute atomic E-state index is 11.5. The summed E-state index contributed by atoms with van der Waals surface area (Å²) in [5, 5.41) is 0. The van der Waals surface area contributed by atoms with Crippen molar-refractivity contribution in [3.8, 4) is 0 Å². The third-order valence-corrected chi connectivity index (χ3v) is 2.87. The molecule has 1 aliphatic rings. The van der Waals surface area contributed by atoms with Crippen LogP contribution in [0.15, 0.2) is 24.3 Å². The largest absolute Gasteiger partial charge is 0.443 e. The van der Waals surface area contributed by atoms with E-state index in [1.165, 1.54) is 11.1 Å². The first-order chi connectivity index (χ1) is 7.63. The van der Waals surface area contributed by atoms with Gasteiger partial charge in [0.15, 0.2) is 5.72 Å². The first kappa shape index (κ1) is 14.0. The van der Waals surface area contributed by atoms with Crippen LogP contribution >= 0.6 is 12.4 Å². The number of esters is 1. The van der Waals surface area contributed by atoms with Crippen molar-refractivity contribution >= 4 is 18.4 Å². The Balaban J connectivity index is 0.00000144. The normalized spacial score (nSPS) is 15.9. The highest BCUT2D eigenvalue weighted by Gasteiger charge is 2.36. The molecule has 0 saturated heterocycles. The number of carbonyl (C=O) groups excluding carboxylic acids is 1.